The summed E-state index contributed by atoms with van der Waals surface area (Å²) in [5.74, 6) is 0.813. The Morgan fingerprint density at radius 2 is 1.52 bits per heavy atom. The van der Waals surface area contributed by atoms with E-state index in [1.165, 1.54) is 31.5 Å². The molecule has 0 atom stereocenters. The van der Waals surface area contributed by atoms with Gasteiger partial charge in [0.15, 0.2) is 0 Å². The molecule has 2 aromatic carbocycles. The summed E-state index contributed by atoms with van der Waals surface area (Å²) in [6, 6.07) is 15.7. The Hall–Kier alpha value is -2.86. The Morgan fingerprint density at radius 1 is 0.939 bits per heavy atom. The Kier molecular flexibility index (Phi) is 8.50. The van der Waals surface area contributed by atoms with E-state index in [1.807, 2.05) is 32.9 Å². The monoisotopic (exact) mass is 451 g/mol. The zero-order chi connectivity index (χ0) is 23.8. The summed E-state index contributed by atoms with van der Waals surface area (Å²) in [6.45, 7) is 11.7. The van der Waals surface area contributed by atoms with Crippen molar-refractivity contribution in [2.24, 2.45) is 5.92 Å². The molecule has 1 aliphatic rings. The largest absolute Gasteiger partial charge is 0.444 e. The van der Waals surface area contributed by atoms with Crippen LogP contribution in [0.4, 0.5) is 10.5 Å². The molecular weight excluding hydrogens is 414 g/mol. The zero-order valence-electron chi connectivity index (χ0n) is 20.3. The van der Waals surface area contributed by atoms with E-state index in [9.17, 15) is 9.59 Å². The fourth-order valence-corrected chi connectivity index (χ4v) is 3.82. The van der Waals surface area contributed by atoms with E-state index in [2.05, 4.69) is 46.7 Å². The summed E-state index contributed by atoms with van der Waals surface area (Å²) in [5, 5.41) is 5.68. The van der Waals surface area contributed by atoms with Gasteiger partial charge in [0.05, 0.1) is 6.42 Å². The number of amides is 2. The summed E-state index contributed by atoms with van der Waals surface area (Å²) >= 11 is 0. The number of likely N-dealkylation sites (tertiary alicyclic amines) is 1. The van der Waals surface area contributed by atoms with E-state index in [4.69, 9.17) is 4.74 Å². The molecule has 2 aromatic rings. The van der Waals surface area contributed by atoms with Crippen LogP contribution < -0.4 is 10.6 Å². The average Bonchev–Trinajstić information content (AvgIpc) is 2.75. The molecule has 1 aliphatic heterocycles. The van der Waals surface area contributed by atoms with E-state index in [0.717, 1.165) is 23.6 Å². The van der Waals surface area contributed by atoms with Gasteiger partial charge in [0.25, 0.3) is 0 Å². The molecule has 0 saturated carbocycles. The number of piperidine rings is 1. The van der Waals surface area contributed by atoms with Crippen molar-refractivity contribution in [1.29, 1.82) is 0 Å². The molecule has 2 N–H and O–H groups in total. The highest BCUT2D eigenvalue weighted by atomic mass is 16.6. The predicted molar refractivity (Wildman–Crippen MR) is 132 cm³/mol. The van der Waals surface area contributed by atoms with E-state index < -0.39 is 11.7 Å². The first-order chi connectivity index (χ1) is 15.7. The van der Waals surface area contributed by atoms with Crippen LogP contribution in [0, 0.1) is 5.92 Å². The van der Waals surface area contributed by atoms with Crippen molar-refractivity contribution < 1.29 is 14.3 Å². The highest BCUT2D eigenvalue weighted by molar-refractivity contribution is 5.85. The van der Waals surface area contributed by atoms with Crippen molar-refractivity contribution in [3.05, 3.63) is 65.2 Å². The lowest BCUT2D eigenvalue weighted by Gasteiger charge is -2.30. The number of nitrogens with zero attached hydrogens (tertiary/aromatic N) is 1. The smallest absolute Gasteiger partial charge is 0.412 e. The molecule has 6 heteroatoms. The number of hydrogen-bond donors (Lipinski definition) is 2. The molecular formula is C27H37N3O3. The molecule has 2 amide bonds. The first kappa shape index (κ1) is 24.8. The van der Waals surface area contributed by atoms with E-state index in [1.54, 1.807) is 12.1 Å². The first-order valence-corrected chi connectivity index (χ1v) is 11.8. The molecule has 178 valence electrons. The van der Waals surface area contributed by atoms with E-state index >= 15 is 0 Å². The fraction of sp³-hybridized carbons (Fsp3) is 0.481. The van der Waals surface area contributed by atoms with Gasteiger partial charge in [-0.3, -0.25) is 15.0 Å². The number of carbonyl (C=O) groups is 2. The zero-order valence-corrected chi connectivity index (χ0v) is 20.3. The summed E-state index contributed by atoms with van der Waals surface area (Å²) in [4.78, 5) is 26.7. The van der Waals surface area contributed by atoms with Crippen LogP contribution in [0.5, 0.6) is 0 Å². The number of rotatable bonds is 7. The van der Waals surface area contributed by atoms with Crippen molar-refractivity contribution in [2.45, 2.75) is 65.6 Å². The van der Waals surface area contributed by atoms with Crippen molar-refractivity contribution in [3.63, 3.8) is 0 Å². The van der Waals surface area contributed by atoms with Crippen LogP contribution in [0.25, 0.3) is 0 Å². The third-order valence-electron chi connectivity index (χ3n) is 5.76. The Labute approximate surface area is 197 Å². The maximum Gasteiger partial charge on any atom is 0.412 e. The Balaban J connectivity index is 1.40. The van der Waals surface area contributed by atoms with Crippen molar-refractivity contribution in [1.82, 2.24) is 10.2 Å². The second-order valence-corrected chi connectivity index (χ2v) is 10.1. The molecule has 6 nitrogen and oxygen atoms in total. The van der Waals surface area contributed by atoms with Crippen LogP contribution in [0.15, 0.2) is 48.5 Å². The molecule has 0 spiro atoms. The van der Waals surface area contributed by atoms with Crippen LogP contribution in [0.3, 0.4) is 0 Å². The number of nitrogens with one attached hydrogen (secondary N) is 2. The molecule has 0 unspecified atom stereocenters. The molecule has 33 heavy (non-hydrogen) atoms. The minimum atomic E-state index is -0.547. The number of benzene rings is 2. The number of hydrogen-bond acceptors (Lipinski definition) is 4. The molecule has 1 saturated heterocycles. The third-order valence-corrected chi connectivity index (χ3v) is 5.76. The predicted octanol–water partition coefficient (Wildman–Crippen LogP) is 5.12. The van der Waals surface area contributed by atoms with E-state index in [0.29, 0.717) is 12.2 Å². The van der Waals surface area contributed by atoms with Gasteiger partial charge in [0, 0.05) is 18.8 Å². The lowest BCUT2D eigenvalue weighted by Crippen LogP contribution is -2.32. The van der Waals surface area contributed by atoms with Crippen molar-refractivity contribution in [3.8, 4) is 0 Å². The first-order valence-electron chi connectivity index (χ1n) is 11.8. The summed E-state index contributed by atoms with van der Waals surface area (Å²) in [5.41, 5.74) is 3.38. The molecule has 0 aliphatic carbocycles. The number of anilines is 1. The van der Waals surface area contributed by atoms with Crippen LogP contribution in [0.1, 0.15) is 57.2 Å². The standard InChI is InChI=1S/C27H37N3O3/c1-20-13-15-30(16-14-20)19-23-7-5-22(6-8-23)18-28-25(31)17-21-9-11-24(12-10-21)29-26(32)33-27(2,3)4/h5-12,20H,13-19H2,1-4H3,(H,28,31)(H,29,32). The summed E-state index contributed by atoms with van der Waals surface area (Å²) in [6.07, 6.45) is 2.36. The van der Waals surface area contributed by atoms with Gasteiger partial charge in [0.2, 0.25) is 5.91 Å². The molecule has 1 heterocycles. The lowest BCUT2D eigenvalue weighted by atomic mass is 9.99. The Morgan fingerprint density at radius 3 is 2.12 bits per heavy atom. The normalized spacial score (nSPS) is 15.2. The SMILES string of the molecule is CC1CCN(Cc2ccc(CNC(=O)Cc3ccc(NC(=O)OC(C)(C)C)cc3)cc2)CC1. The van der Waals surface area contributed by atoms with Gasteiger partial charge in [-0.05, 0) is 81.4 Å². The van der Waals surface area contributed by atoms with Gasteiger partial charge in [-0.15, -0.1) is 0 Å². The minimum absolute atomic E-state index is 0.0330. The van der Waals surface area contributed by atoms with Crippen LogP contribution in [0.2, 0.25) is 0 Å². The summed E-state index contributed by atoms with van der Waals surface area (Å²) in [7, 11) is 0. The second-order valence-electron chi connectivity index (χ2n) is 10.1. The minimum Gasteiger partial charge on any atom is -0.444 e. The fourth-order valence-electron chi connectivity index (χ4n) is 3.82. The number of ether oxygens (including phenoxy) is 1. The van der Waals surface area contributed by atoms with Crippen LogP contribution >= 0.6 is 0 Å². The Bertz CT molecular complexity index is 909. The maximum absolute atomic E-state index is 12.4. The lowest BCUT2D eigenvalue weighted by molar-refractivity contribution is -0.120. The van der Waals surface area contributed by atoms with Crippen LogP contribution in [-0.4, -0.2) is 35.6 Å². The van der Waals surface area contributed by atoms with Gasteiger partial charge in [-0.1, -0.05) is 43.3 Å². The molecule has 0 radical (unpaired) electrons. The maximum atomic E-state index is 12.4. The van der Waals surface area contributed by atoms with Gasteiger partial charge in [-0.2, -0.15) is 0 Å². The van der Waals surface area contributed by atoms with Gasteiger partial charge >= 0.3 is 6.09 Å². The van der Waals surface area contributed by atoms with Gasteiger partial charge in [0.1, 0.15) is 5.60 Å². The molecule has 1 fully saturated rings. The quantitative estimate of drug-likeness (QED) is 0.613. The average molecular weight is 452 g/mol. The molecule has 0 aromatic heterocycles. The van der Waals surface area contributed by atoms with Gasteiger partial charge < -0.3 is 10.1 Å². The summed E-state index contributed by atoms with van der Waals surface area (Å²) < 4.78 is 5.24. The van der Waals surface area contributed by atoms with Crippen LogP contribution in [-0.2, 0) is 29.0 Å². The molecule has 3 rings (SSSR count). The van der Waals surface area contributed by atoms with Crippen molar-refractivity contribution in [2.75, 3.05) is 18.4 Å². The number of carbonyl (C=O) groups excluding carboxylic acids is 2. The highest BCUT2D eigenvalue weighted by Crippen LogP contribution is 2.18. The van der Waals surface area contributed by atoms with Crippen molar-refractivity contribution >= 4 is 17.7 Å². The second kappa shape index (κ2) is 11.3. The van der Waals surface area contributed by atoms with E-state index in [-0.39, 0.29) is 12.3 Å². The topological polar surface area (TPSA) is 70.7 Å². The third kappa shape index (κ3) is 8.89. The van der Waals surface area contributed by atoms with Gasteiger partial charge in [-0.25, -0.2) is 4.79 Å². The highest BCUT2D eigenvalue weighted by Gasteiger charge is 2.17. The molecule has 0 bridgehead atoms.